The number of rotatable bonds is 7. The van der Waals surface area contributed by atoms with Crippen LogP contribution in [0.2, 0.25) is 0 Å². The summed E-state index contributed by atoms with van der Waals surface area (Å²) in [6.45, 7) is 2.60. The third kappa shape index (κ3) is 4.99. The van der Waals surface area contributed by atoms with Crippen LogP contribution < -0.4 is 10.6 Å². The SMILES string of the molecule is Cc1cc(NCCCc2ccccc2)nc(Nc2ccc(F)cc2F)n1. The Kier molecular flexibility index (Phi) is 5.73. The molecule has 0 amide bonds. The fraction of sp³-hybridized carbons (Fsp3) is 0.200. The molecule has 0 saturated heterocycles. The number of aryl methyl sites for hydroxylation is 2. The van der Waals surface area contributed by atoms with Crippen LogP contribution in [-0.4, -0.2) is 16.5 Å². The standard InChI is InChI=1S/C20H20F2N4/c1-14-12-19(23-11-5-8-15-6-3-2-4-7-15)26-20(24-14)25-18-10-9-16(21)13-17(18)22/h2-4,6-7,9-10,12-13H,5,8,11H2,1H3,(H2,23,24,25,26). The summed E-state index contributed by atoms with van der Waals surface area (Å²) in [6.07, 6.45) is 1.94. The summed E-state index contributed by atoms with van der Waals surface area (Å²) in [5.41, 5.74) is 2.17. The average molecular weight is 354 g/mol. The fourth-order valence-corrected chi connectivity index (χ4v) is 2.58. The lowest BCUT2D eigenvalue weighted by Crippen LogP contribution is -2.08. The van der Waals surface area contributed by atoms with Crippen LogP contribution >= 0.6 is 0 Å². The molecule has 3 aromatic rings. The topological polar surface area (TPSA) is 49.8 Å². The van der Waals surface area contributed by atoms with Gasteiger partial charge >= 0.3 is 0 Å². The highest BCUT2D eigenvalue weighted by molar-refractivity contribution is 5.56. The van der Waals surface area contributed by atoms with Gasteiger partial charge in [-0.15, -0.1) is 0 Å². The average Bonchev–Trinajstić information content (AvgIpc) is 2.62. The van der Waals surface area contributed by atoms with Crippen molar-refractivity contribution in [1.29, 1.82) is 0 Å². The Bertz CT molecular complexity index is 869. The fourth-order valence-electron chi connectivity index (χ4n) is 2.58. The van der Waals surface area contributed by atoms with Crippen molar-refractivity contribution in [2.45, 2.75) is 19.8 Å². The van der Waals surface area contributed by atoms with Crippen molar-refractivity contribution in [2.75, 3.05) is 17.2 Å². The predicted molar refractivity (Wildman–Crippen MR) is 99.7 cm³/mol. The minimum atomic E-state index is -0.688. The van der Waals surface area contributed by atoms with Gasteiger partial charge in [0.2, 0.25) is 5.95 Å². The molecule has 0 radical (unpaired) electrons. The van der Waals surface area contributed by atoms with E-state index in [0.717, 1.165) is 31.1 Å². The van der Waals surface area contributed by atoms with E-state index >= 15 is 0 Å². The van der Waals surface area contributed by atoms with Crippen LogP contribution in [-0.2, 0) is 6.42 Å². The number of halogens is 2. The first-order valence-corrected chi connectivity index (χ1v) is 8.46. The Labute approximate surface area is 151 Å². The second-order valence-electron chi connectivity index (χ2n) is 5.98. The second kappa shape index (κ2) is 8.38. The highest BCUT2D eigenvalue weighted by Crippen LogP contribution is 2.20. The summed E-state index contributed by atoms with van der Waals surface area (Å²) in [5, 5.41) is 6.05. The van der Waals surface area contributed by atoms with Crippen LogP contribution in [0.15, 0.2) is 54.6 Å². The third-order valence-electron chi connectivity index (χ3n) is 3.82. The molecular formula is C20H20F2N4. The Balaban J connectivity index is 1.60. The van der Waals surface area contributed by atoms with Crippen molar-refractivity contribution in [1.82, 2.24) is 9.97 Å². The molecule has 0 unspecified atom stereocenters. The largest absolute Gasteiger partial charge is 0.370 e. The number of aromatic nitrogens is 2. The van der Waals surface area contributed by atoms with Crippen molar-refractivity contribution in [2.24, 2.45) is 0 Å². The molecule has 0 spiro atoms. The minimum absolute atomic E-state index is 0.132. The maximum Gasteiger partial charge on any atom is 0.229 e. The molecule has 0 aliphatic carbocycles. The molecule has 0 bridgehead atoms. The van der Waals surface area contributed by atoms with Crippen molar-refractivity contribution >= 4 is 17.5 Å². The van der Waals surface area contributed by atoms with Crippen molar-refractivity contribution in [3.05, 3.63) is 77.5 Å². The molecule has 1 heterocycles. The van der Waals surface area contributed by atoms with Crippen molar-refractivity contribution < 1.29 is 8.78 Å². The molecule has 4 nitrogen and oxygen atoms in total. The first kappa shape index (κ1) is 17.8. The third-order valence-corrected chi connectivity index (χ3v) is 3.82. The first-order chi connectivity index (χ1) is 12.6. The number of hydrogen-bond donors (Lipinski definition) is 2. The van der Waals surface area contributed by atoms with Gasteiger partial charge in [0.1, 0.15) is 17.5 Å². The molecule has 0 fully saturated rings. The number of nitrogens with one attached hydrogen (secondary N) is 2. The number of hydrogen-bond acceptors (Lipinski definition) is 4. The van der Waals surface area contributed by atoms with E-state index in [2.05, 4.69) is 32.7 Å². The lowest BCUT2D eigenvalue weighted by Gasteiger charge is -2.10. The molecule has 0 saturated carbocycles. The lowest BCUT2D eigenvalue weighted by molar-refractivity contribution is 0.586. The van der Waals surface area contributed by atoms with Gasteiger partial charge in [0.15, 0.2) is 0 Å². The number of anilines is 3. The van der Waals surface area contributed by atoms with E-state index < -0.39 is 11.6 Å². The summed E-state index contributed by atoms with van der Waals surface area (Å²) in [5.74, 6) is -0.386. The van der Waals surface area contributed by atoms with Gasteiger partial charge in [0.05, 0.1) is 5.69 Å². The number of benzene rings is 2. The molecular weight excluding hydrogens is 334 g/mol. The van der Waals surface area contributed by atoms with Crippen LogP contribution in [0.5, 0.6) is 0 Å². The Morgan fingerprint density at radius 2 is 1.77 bits per heavy atom. The summed E-state index contributed by atoms with van der Waals surface area (Å²) < 4.78 is 26.8. The minimum Gasteiger partial charge on any atom is -0.370 e. The first-order valence-electron chi connectivity index (χ1n) is 8.46. The van der Waals surface area contributed by atoms with Crippen LogP contribution in [0, 0.1) is 18.6 Å². The zero-order valence-electron chi connectivity index (χ0n) is 14.5. The highest BCUT2D eigenvalue weighted by atomic mass is 19.1. The van der Waals surface area contributed by atoms with Gasteiger partial charge in [-0.3, -0.25) is 0 Å². The maximum atomic E-state index is 13.8. The van der Waals surface area contributed by atoms with Gasteiger partial charge in [0, 0.05) is 24.4 Å². The van der Waals surface area contributed by atoms with Crippen LogP contribution in [0.4, 0.5) is 26.2 Å². The van der Waals surface area contributed by atoms with E-state index in [9.17, 15) is 8.78 Å². The molecule has 0 atom stereocenters. The maximum absolute atomic E-state index is 13.8. The van der Waals surface area contributed by atoms with Crippen molar-refractivity contribution in [3.63, 3.8) is 0 Å². The van der Waals surface area contributed by atoms with E-state index in [4.69, 9.17) is 0 Å². The van der Waals surface area contributed by atoms with Crippen LogP contribution in [0.25, 0.3) is 0 Å². The van der Waals surface area contributed by atoms with Gasteiger partial charge < -0.3 is 10.6 Å². The van der Waals surface area contributed by atoms with Crippen LogP contribution in [0.1, 0.15) is 17.7 Å². The quantitative estimate of drug-likeness (QED) is 0.596. The molecule has 0 aliphatic heterocycles. The van der Waals surface area contributed by atoms with E-state index in [1.54, 1.807) is 0 Å². The zero-order valence-corrected chi connectivity index (χ0v) is 14.5. The Hall–Kier alpha value is -3.02. The monoisotopic (exact) mass is 354 g/mol. The Morgan fingerprint density at radius 3 is 2.54 bits per heavy atom. The van der Waals surface area contributed by atoms with Crippen molar-refractivity contribution in [3.8, 4) is 0 Å². The second-order valence-corrected chi connectivity index (χ2v) is 5.98. The van der Waals surface area contributed by atoms with E-state index in [1.165, 1.54) is 17.7 Å². The van der Waals surface area contributed by atoms with E-state index in [1.807, 2.05) is 31.2 Å². The van der Waals surface area contributed by atoms with Gasteiger partial charge in [-0.1, -0.05) is 30.3 Å². The lowest BCUT2D eigenvalue weighted by atomic mass is 10.1. The highest BCUT2D eigenvalue weighted by Gasteiger charge is 2.07. The van der Waals surface area contributed by atoms with E-state index in [0.29, 0.717) is 5.82 Å². The number of nitrogens with zero attached hydrogens (tertiary/aromatic N) is 2. The molecule has 26 heavy (non-hydrogen) atoms. The van der Waals surface area contributed by atoms with Gasteiger partial charge in [-0.2, -0.15) is 4.98 Å². The molecule has 6 heteroatoms. The summed E-state index contributed by atoms with van der Waals surface area (Å²) in [7, 11) is 0. The van der Waals surface area contributed by atoms with E-state index in [-0.39, 0.29) is 11.6 Å². The molecule has 2 aromatic carbocycles. The van der Waals surface area contributed by atoms with Gasteiger partial charge in [0.25, 0.3) is 0 Å². The summed E-state index contributed by atoms with van der Waals surface area (Å²) in [4.78, 5) is 8.59. The summed E-state index contributed by atoms with van der Waals surface area (Å²) >= 11 is 0. The smallest absolute Gasteiger partial charge is 0.229 e. The van der Waals surface area contributed by atoms with Gasteiger partial charge in [-0.05, 0) is 37.5 Å². The van der Waals surface area contributed by atoms with Crippen LogP contribution in [0.3, 0.4) is 0 Å². The molecule has 0 aliphatic rings. The Morgan fingerprint density at radius 1 is 0.962 bits per heavy atom. The zero-order chi connectivity index (χ0) is 18.4. The predicted octanol–water partition coefficient (Wildman–Crippen LogP) is 4.85. The molecule has 134 valence electrons. The summed E-state index contributed by atoms with van der Waals surface area (Å²) in [6, 6.07) is 15.4. The molecule has 3 rings (SSSR count). The normalized spacial score (nSPS) is 10.6. The molecule has 2 N–H and O–H groups in total. The van der Waals surface area contributed by atoms with Gasteiger partial charge in [-0.25, -0.2) is 13.8 Å². The molecule has 1 aromatic heterocycles.